The molecule has 0 aromatic heterocycles. The number of nitrogens with one attached hydrogen (secondary N) is 1. The van der Waals surface area contributed by atoms with Crippen molar-refractivity contribution in [1.29, 1.82) is 0 Å². The second-order valence-corrected chi connectivity index (χ2v) is 7.54. The molecule has 154 valence electrons. The molecule has 2 heterocycles. The van der Waals surface area contributed by atoms with Crippen LogP contribution in [0.5, 0.6) is 17.2 Å². The van der Waals surface area contributed by atoms with Gasteiger partial charge in [0.05, 0.1) is 7.11 Å². The molecule has 4 rings (SSSR count). The Morgan fingerprint density at radius 2 is 2.00 bits per heavy atom. The Morgan fingerprint density at radius 3 is 2.79 bits per heavy atom. The highest BCUT2D eigenvalue weighted by Crippen LogP contribution is 2.29. The first-order valence-electron chi connectivity index (χ1n) is 10.3. The second kappa shape index (κ2) is 9.18. The Labute approximate surface area is 171 Å². The van der Waals surface area contributed by atoms with Crippen LogP contribution in [0.2, 0.25) is 0 Å². The van der Waals surface area contributed by atoms with Gasteiger partial charge in [-0.25, -0.2) is 0 Å². The van der Waals surface area contributed by atoms with Crippen molar-refractivity contribution < 1.29 is 19.0 Å². The lowest BCUT2D eigenvalue weighted by Crippen LogP contribution is -2.32. The molecule has 0 bridgehead atoms. The predicted octanol–water partition coefficient (Wildman–Crippen LogP) is 2.79. The van der Waals surface area contributed by atoms with Gasteiger partial charge in [-0.05, 0) is 42.2 Å². The molecule has 1 amide bonds. The van der Waals surface area contributed by atoms with E-state index in [-0.39, 0.29) is 18.6 Å². The molecule has 2 aromatic carbocycles. The molecule has 29 heavy (non-hydrogen) atoms. The van der Waals surface area contributed by atoms with Gasteiger partial charge in [-0.2, -0.15) is 0 Å². The summed E-state index contributed by atoms with van der Waals surface area (Å²) in [7, 11) is 1.62. The van der Waals surface area contributed by atoms with Crippen molar-refractivity contribution in [3.63, 3.8) is 0 Å². The SMILES string of the molecule is COc1cc(CNCC2Cc3ccccc3O2)ccc1OCC(=O)N1CCCC1. The van der Waals surface area contributed by atoms with Crippen LogP contribution in [0, 0.1) is 0 Å². The van der Waals surface area contributed by atoms with E-state index in [2.05, 4.69) is 11.4 Å². The van der Waals surface area contributed by atoms with Gasteiger partial charge in [-0.3, -0.25) is 4.79 Å². The van der Waals surface area contributed by atoms with Crippen molar-refractivity contribution in [1.82, 2.24) is 10.2 Å². The van der Waals surface area contributed by atoms with E-state index in [1.54, 1.807) is 7.11 Å². The van der Waals surface area contributed by atoms with E-state index in [9.17, 15) is 4.79 Å². The van der Waals surface area contributed by atoms with Gasteiger partial charge in [-0.15, -0.1) is 0 Å². The van der Waals surface area contributed by atoms with Gasteiger partial charge < -0.3 is 24.4 Å². The third-order valence-electron chi connectivity index (χ3n) is 5.45. The van der Waals surface area contributed by atoms with Crippen LogP contribution < -0.4 is 19.5 Å². The van der Waals surface area contributed by atoms with E-state index in [4.69, 9.17) is 14.2 Å². The molecule has 1 saturated heterocycles. The predicted molar refractivity (Wildman–Crippen MR) is 111 cm³/mol. The third-order valence-corrected chi connectivity index (χ3v) is 5.45. The summed E-state index contributed by atoms with van der Waals surface area (Å²) in [6.45, 7) is 3.20. The fraction of sp³-hybridized carbons (Fsp3) is 0.435. The van der Waals surface area contributed by atoms with Crippen LogP contribution >= 0.6 is 0 Å². The molecule has 2 aromatic rings. The van der Waals surface area contributed by atoms with E-state index in [1.165, 1.54) is 5.56 Å². The zero-order valence-electron chi connectivity index (χ0n) is 16.9. The molecular formula is C23H28N2O4. The molecule has 0 aliphatic carbocycles. The van der Waals surface area contributed by atoms with Crippen LogP contribution in [0.3, 0.4) is 0 Å². The molecule has 1 unspecified atom stereocenters. The van der Waals surface area contributed by atoms with Crippen molar-refractivity contribution in [2.24, 2.45) is 0 Å². The maximum atomic E-state index is 12.2. The van der Waals surface area contributed by atoms with Gasteiger partial charge in [-0.1, -0.05) is 24.3 Å². The third kappa shape index (κ3) is 4.82. The van der Waals surface area contributed by atoms with Crippen LogP contribution in [-0.4, -0.2) is 50.3 Å². The van der Waals surface area contributed by atoms with Crippen LogP contribution in [0.4, 0.5) is 0 Å². The summed E-state index contributed by atoms with van der Waals surface area (Å²) >= 11 is 0. The van der Waals surface area contributed by atoms with Crippen LogP contribution in [0.15, 0.2) is 42.5 Å². The first kappa shape index (κ1) is 19.6. The number of para-hydroxylation sites is 1. The van der Waals surface area contributed by atoms with Gasteiger partial charge in [0.25, 0.3) is 5.91 Å². The first-order chi connectivity index (χ1) is 14.2. The van der Waals surface area contributed by atoms with E-state index >= 15 is 0 Å². The minimum absolute atomic E-state index is 0.0351. The Morgan fingerprint density at radius 1 is 1.17 bits per heavy atom. The number of ether oxygens (including phenoxy) is 3. The minimum Gasteiger partial charge on any atom is -0.493 e. The average molecular weight is 396 g/mol. The number of benzene rings is 2. The molecule has 2 aliphatic rings. The fourth-order valence-corrected chi connectivity index (χ4v) is 3.88. The normalized spacial score (nSPS) is 17.7. The standard InChI is InChI=1S/C23H28N2O4/c1-27-22-12-17(8-9-21(22)28-16-23(26)25-10-4-5-11-25)14-24-15-19-13-18-6-2-3-7-20(18)29-19/h2-3,6-9,12,19,24H,4-5,10-11,13-16H2,1H3. The smallest absolute Gasteiger partial charge is 0.260 e. The van der Waals surface area contributed by atoms with Gasteiger partial charge in [0.2, 0.25) is 0 Å². The monoisotopic (exact) mass is 396 g/mol. The van der Waals surface area contributed by atoms with E-state index in [0.29, 0.717) is 18.0 Å². The summed E-state index contributed by atoms with van der Waals surface area (Å²) in [5.74, 6) is 2.26. The number of methoxy groups -OCH3 is 1. The van der Waals surface area contributed by atoms with E-state index < -0.39 is 0 Å². The van der Waals surface area contributed by atoms with Crippen LogP contribution in [0.1, 0.15) is 24.0 Å². The Kier molecular flexibility index (Phi) is 6.20. The average Bonchev–Trinajstić information content (AvgIpc) is 3.42. The Hall–Kier alpha value is -2.73. The summed E-state index contributed by atoms with van der Waals surface area (Å²) < 4.78 is 17.1. The lowest BCUT2D eigenvalue weighted by molar-refractivity contribution is -0.132. The fourth-order valence-electron chi connectivity index (χ4n) is 3.88. The topological polar surface area (TPSA) is 60.0 Å². The summed E-state index contributed by atoms with van der Waals surface area (Å²) in [5.41, 5.74) is 2.36. The van der Waals surface area contributed by atoms with Gasteiger partial charge in [0.15, 0.2) is 18.1 Å². The van der Waals surface area contributed by atoms with E-state index in [1.807, 2.05) is 41.3 Å². The lowest BCUT2D eigenvalue weighted by atomic mass is 10.1. The molecule has 6 nitrogen and oxygen atoms in total. The van der Waals surface area contributed by atoms with Crippen molar-refractivity contribution in [2.75, 3.05) is 33.4 Å². The number of nitrogens with zero attached hydrogens (tertiary/aromatic N) is 1. The molecule has 0 spiro atoms. The van der Waals surface area contributed by atoms with Gasteiger partial charge in [0.1, 0.15) is 11.9 Å². The van der Waals surface area contributed by atoms with E-state index in [0.717, 1.165) is 50.2 Å². The van der Waals surface area contributed by atoms with Crippen molar-refractivity contribution in [3.8, 4) is 17.2 Å². The maximum absolute atomic E-state index is 12.2. The molecule has 6 heteroatoms. The van der Waals surface area contributed by atoms with Gasteiger partial charge in [0, 0.05) is 32.6 Å². The quantitative estimate of drug-likeness (QED) is 0.744. The molecule has 1 atom stereocenters. The largest absolute Gasteiger partial charge is 0.493 e. The number of amides is 1. The number of likely N-dealkylation sites (tertiary alicyclic amines) is 1. The highest BCUT2D eigenvalue weighted by Gasteiger charge is 2.22. The van der Waals surface area contributed by atoms with Crippen LogP contribution in [0.25, 0.3) is 0 Å². The lowest BCUT2D eigenvalue weighted by Gasteiger charge is -2.17. The summed E-state index contributed by atoms with van der Waals surface area (Å²) in [5, 5.41) is 3.45. The first-order valence-corrected chi connectivity index (χ1v) is 10.3. The highest BCUT2D eigenvalue weighted by molar-refractivity contribution is 5.78. The Balaban J connectivity index is 1.26. The number of carbonyl (C=O) groups is 1. The van der Waals surface area contributed by atoms with Crippen molar-refractivity contribution >= 4 is 5.91 Å². The van der Waals surface area contributed by atoms with Crippen LogP contribution in [-0.2, 0) is 17.8 Å². The molecule has 1 N–H and O–H groups in total. The highest BCUT2D eigenvalue weighted by atomic mass is 16.5. The van der Waals surface area contributed by atoms with Crippen molar-refractivity contribution in [3.05, 3.63) is 53.6 Å². The number of fused-ring (bicyclic) bond motifs is 1. The molecule has 1 fully saturated rings. The minimum atomic E-state index is 0.0351. The van der Waals surface area contributed by atoms with Crippen molar-refractivity contribution in [2.45, 2.75) is 31.9 Å². The summed E-state index contributed by atoms with van der Waals surface area (Å²) in [6.07, 6.45) is 3.25. The molecule has 2 aliphatic heterocycles. The molecule has 0 saturated carbocycles. The number of hydrogen-bond donors (Lipinski definition) is 1. The second-order valence-electron chi connectivity index (χ2n) is 7.54. The zero-order chi connectivity index (χ0) is 20.1. The van der Waals surface area contributed by atoms with Gasteiger partial charge >= 0.3 is 0 Å². The number of hydrogen-bond acceptors (Lipinski definition) is 5. The summed E-state index contributed by atoms with van der Waals surface area (Å²) in [4.78, 5) is 14.0. The summed E-state index contributed by atoms with van der Waals surface area (Å²) in [6, 6.07) is 14.0. The zero-order valence-corrected chi connectivity index (χ0v) is 16.9. The Bertz CT molecular complexity index is 824. The molecule has 0 radical (unpaired) electrons. The molecular weight excluding hydrogens is 368 g/mol. The maximum Gasteiger partial charge on any atom is 0.260 e. The number of rotatable bonds is 8. The number of carbonyl (C=O) groups excluding carboxylic acids is 1.